The zero-order valence-corrected chi connectivity index (χ0v) is 18.2. The molecule has 0 aliphatic carbocycles. The standard InChI is InChI=1S/C22H18Cl3NO4/c1-14(22(27)30-26-17-6-11-20(24)21(25)12-17)29-19-7-2-15(3-8-19)13-28-18-9-4-16(23)5-10-18/h2-12,14,26H,13H2,1H3. The van der Waals surface area contributed by atoms with E-state index < -0.39 is 12.1 Å². The Balaban J connectivity index is 1.47. The lowest BCUT2D eigenvalue weighted by Crippen LogP contribution is -2.28. The van der Waals surface area contributed by atoms with Crippen LogP contribution >= 0.6 is 34.8 Å². The van der Waals surface area contributed by atoms with Gasteiger partial charge in [-0.05, 0) is 67.1 Å². The normalized spacial score (nSPS) is 11.5. The van der Waals surface area contributed by atoms with E-state index in [2.05, 4.69) is 5.48 Å². The van der Waals surface area contributed by atoms with E-state index >= 15 is 0 Å². The lowest BCUT2D eigenvalue weighted by Gasteiger charge is -2.15. The van der Waals surface area contributed by atoms with E-state index in [-0.39, 0.29) is 0 Å². The topological polar surface area (TPSA) is 56.8 Å². The van der Waals surface area contributed by atoms with Crippen molar-refractivity contribution in [3.63, 3.8) is 0 Å². The van der Waals surface area contributed by atoms with Gasteiger partial charge in [0.2, 0.25) is 0 Å². The number of rotatable bonds is 8. The molecular formula is C22H18Cl3NO4. The molecule has 3 aromatic carbocycles. The van der Waals surface area contributed by atoms with Gasteiger partial charge in [0.05, 0.1) is 15.7 Å². The summed E-state index contributed by atoms with van der Waals surface area (Å²) >= 11 is 17.6. The smallest absolute Gasteiger partial charge is 0.371 e. The number of benzene rings is 3. The summed E-state index contributed by atoms with van der Waals surface area (Å²) in [6, 6.07) is 19.2. The molecule has 3 rings (SSSR count). The lowest BCUT2D eigenvalue weighted by atomic mass is 10.2. The van der Waals surface area contributed by atoms with Gasteiger partial charge in [-0.2, -0.15) is 0 Å². The first-order valence-corrected chi connectivity index (χ1v) is 10.1. The summed E-state index contributed by atoms with van der Waals surface area (Å²) in [6.45, 7) is 1.99. The second-order valence-electron chi connectivity index (χ2n) is 6.30. The van der Waals surface area contributed by atoms with Crippen LogP contribution in [0, 0.1) is 0 Å². The van der Waals surface area contributed by atoms with Gasteiger partial charge in [0, 0.05) is 5.02 Å². The van der Waals surface area contributed by atoms with Gasteiger partial charge in [0.25, 0.3) is 0 Å². The molecular weight excluding hydrogens is 449 g/mol. The monoisotopic (exact) mass is 465 g/mol. The Morgan fingerprint density at radius 2 is 1.57 bits per heavy atom. The first-order valence-electron chi connectivity index (χ1n) is 8.96. The Morgan fingerprint density at radius 3 is 2.23 bits per heavy atom. The number of anilines is 1. The Hall–Kier alpha value is -2.60. The van der Waals surface area contributed by atoms with Gasteiger partial charge < -0.3 is 14.3 Å². The highest BCUT2D eigenvalue weighted by atomic mass is 35.5. The molecule has 0 aliphatic rings. The van der Waals surface area contributed by atoms with Gasteiger partial charge in [0.15, 0.2) is 6.10 Å². The number of ether oxygens (including phenoxy) is 2. The lowest BCUT2D eigenvalue weighted by molar-refractivity contribution is -0.148. The highest BCUT2D eigenvalue weighted by Gasteiger charge is 2.17. The van der Waals surface area contributed by atoms with Crippen molar-refractivity contribution in [2.24, 2.45) is 0 Å². The van der Waals surface area contributed by atoms with E-state index in [1.54, 1.807) is 61.5 Å². The fourth-order valence-corrected chi connectivity index (χ4v) is 2.79. The third kappa shape index (κ3) is 6.46. The van der Waals surface area contributed by atoms with Crippen molar-refractivity contribution in [1.29, 1.82) is 0 Å². The molecule has 0 radical (unpaired) electrons. The van der Waals surface area contributed by atoms with Crippen molar-refractivity contribution in [2.75, 3.05) is 5.48 Å². The summed E-state index contributed by atoms with van der Waals surface area (Å²) in [5.41, 5.74) is 3.97. The molecule has 8 heteroatoms. The fraction of sp³-hybridized carbons (Fsp3) is 0.136. The average molecular weight is 467 g/mol. The molecule has 0 heterocycles. The second kappa shape index (κ2) is 10.4. The molecule has 1 unspecified atom stereocenters. The highest BCUT2D eigenvalue weighted by molar-refractivity contribution is 6.42. The summed E-state index contributed by atoms with van der Waals surface area (Å²) in [6.07, 6.45) is -0.823. The Kier molecular flexibility index (Phi) is 7.69. The van der Waals surface area contributed by atoms with Gasteiger partial charge in [-0.15, -0.1) is 0 Å². The van der Waals surface area contributed by atoms with Gasteiger partial charge in [-0.3, -0.25) is 0 Å². The van der Waals surface area contributed by atoms with E-state index in [0.717, 1.165) is 11.3 Å². The van der Waals surface area contributed by atoms with Crippen molar-refractivity contribution in [3.8, 4) is 11.5 Å². The van der Waals surface area contributed by atoms with Crippen molar-refractivity contribution >= 4 is 46.5 Å². The molecule has 1 N–H and O–H groups in total. The largest absolute Gasteiger partial charge is 0.489 e. The van der Waals surface area contributed by atoms with Crippen molar-refractivity contribution in [3.05, 3.63) is 87.4 Å². The average Bonchev–Trinajstić information content (AvgIpc) is 2.75. The number of carbonyl (C=O) groups is 1. The van der Waals surface area contributed by atoms with Gasteiger partial charge >= 0.3 is 5.97 Å². The van der Waals surface area contributed by atoms with Crippen LogP contribution in [-0.4, -0.2) is 12.1 Å². The van der Waals surface area contributed by atoms with Crippen molar-refractivity contribution in [2.45, 2.75) is 19.6 Å². The van der Waals surface area contributed by atoms with Gasteiger partial charge in [-0.25, -0.2) is 10.3 Å². The zero-order chi connectivity index (χ0) is 21.5. The number of carbonyl (C=O) groups excluding carboxylic acids is 1. The molecule has 0 spiro atoms. The Labute approximate surface area is 189 Å². The summed E-state index contributed by atoms with van der Waals surface area (Å²) in [7, 11) is 0. The first kappa shape index (κ1) is 22.1. The zero-order valence-electron chi connectivity index (χ0n) is 15.9. The first-order chi connectivity index (χ1) is 14.4. The molecule has 0 aromatic heterocycles. The SMILES string of the molecule is CC(Oc1ccc(COc2ccc(Cl)cc2)cc1)C(=O)ONc1ccc(Cl)c(Cl)c1. The molecule has 156 valence electrons. The predicted molar refractivity (Wildman–Crippen MR) is 118 cm³/mol. The quantitative estimate of drug-likeness (QED) is 0.381. The van der Waals surface area contributed by atoms with Crippen LogP contribution in [0.4, 0.5) is 5.69 Å². The molecule has 0 fully saturated rings. The van der Waals surface area contributed by atoms with Crippen LogP contribution in [0.1, 0.15) is 12.5 Å². The third-order valence-electron chi connectivity index (χ3n) is 3.98. The molecule has 0 amide bonds. The number of hydrogen-bond donors (Lipinski definition) is 1. The molecule has 3 aromatic rings. The van der Waals surface area contributed by atoms with E-state index in [9.17, 15) is 4.79 Å². The van der Waals surface area contributed by atoms with Crippen LogP contribution in [0.2, 0.25) is 15.1 Å². The second-order valence-corrected chi connectivity index (χ2v) is 7.55. The molecule has 1 atom stereocenters. The molecule has 0 saturated carbocycles. The van der Waals surface area contributed by atoms with E-state index in [1.807, 2.05) is 12.1 Å². The summed E-state index contributed by atoms with van der Waals surface area (Å²) in [5, 5.41) is 1.41. The Morgan fingerprint density at radius 1 is 0.900 bits per heavy atom. The number of halogens is 3. The maximum absolute atomic E-state index is 12.1. The number of nitrogens with one attached hydrogen (secondary N) is 1. The molecule has 0 saturated heterocycles. The predicted octanol–water partition coefficient (Wildman–Crippen LogP) is 6.56. The maximum atomic E-state index is 12.1. The summed E-state index contributed by atoms with van der Waals surface area (Å²) in [4.78, 5) is 17.2. The van der Waals surface area contributed by atoms with Gasteiger partial charge in [0.1, 0.15) is 18.1 Å². The van der Waals surface area contributed by atoms with Crippen LogP contribution in [-0.2, 0) is 16.2 Å². The van der Waals surface area contributed by atoms with Crippen molar-refractivity contribution < 1.29 is 19.1 Å². The molecule has 0 bridgehead atoms. The minimum Gasteiger partial charge on any atom is -0.489 e. The van der Waals surface area contributed by atoms with Crippen molar-refractivity contribution in [1.82, 2.24) is 0 Å². The molecule has 5 nitrogen and oxygen atoms in total. The van der Waals surface area contributed by atoms with Gasteiger partial charge in [-0.1, -0.05) is 46.9 Å². The fourth-order valence-electron chi connectivity index (χ4n) is 2.37. The third-order valence-corrected chi connectivity index (χ3v) is 4.97. The Bertz CT molecular complexity index is 994. The van der Waals surface area contributed by atoms with E-state index in [4.69, 9.17) is 49.1 Å². The van der Waals surface area contributed by atoms with Crippen LogP contribution in [0.25, 0.3) is 0 Å². The highest BCUT2D eigenvalue weighted by Crippen LogP contribution is 2.25. The molecule has 30 heavy (non-hydrogen) atoms. The van der Waals surface area contributed by atoms with Crippen LogP contribution in [0.15, 0.2) is 66.7 Å². The van der Waals surface area contributed by atoms with Crippen LogP contribution < -0.4 is 15.0 Å². The minimum absolute atomic E-state index is 0.349. The summed E-state index contributed by atoms with van der Waals surface area (Å²) < 4.78 is 11.3. The minimum atomic E-state index is -0.823. The number of hydrogen-bond acceptors (Lipinski definition) is 5. The summed E-state index contributed by atoms with van der Waals surface area (Å²) in [5.74, 6) is 0.672. The maximum Gasteiger partial charge on any atom is 0.371 e. The van der Waals surface area contributed by atoms with Crippen LogP contribution in [0.3, 0.4) is 0 Å². The van der Waals surface area contributed by atoms with E-state index in [1.165, 1.54) is 0 Å². The van der Waals surface area contributed by atoms with E-state index in [0.29, 0.717) is 33.1 Å². The molecule has 0 aliphatic heterocycles. The van der Waals surface area contributed by atoms with Crippen LogP contribution in [0.5, 0.6) is 11.5 Å².